The molecule has 3 rings (SSSR count). The van der Waals surface area contributed by atoms with Crippen LogP contribution in [0.25, 0.3) is 5.65 Å². The van der Waals surface area contributed by atoms with Gasteiger partial charge in [0.2, 0.25) is 0 Å². The third-order valence-corrected chi connectivity index (χ3v) is 3.41. The van der Waals surface area contributed by atoms with Crippen molar-refractivity contribution in [3.8, 4) is 12.3 Å². The standard InChI is InChI=1S/C17H16N4/c1-4-14-5-7-15(8-6-14)18-10-16-17-20-12(2)9-13(3)21(17)11-19-16/h1,5-9,11,18H,10H2,2-3H3. The summed E-state index contributed by atoms with van der Waals surface area (Å²) in [5, 5.41) is 3.34. The van der Waals surface area contributed by atoms with E-state index in [2.05, 4.69) is 28.1 Å². The number of fused-ring (bicyclic) bond motifs is 1. The van der Waals surface area contributed by atoms with E-state index in [0.29, 0.717) is 6.54 Å². The number of nitrogens with one attached hydrogen (secondary N) is 1. The number of hydrogen-bond acceptors (Lipinski definition) is 3. The van der Waals surface area contributed by atoms with Crippen molar-refractivity contribution in [2.24, 2.45) is 0 Å². The van der Waals surface area contributed by atoms with E-state index in [1.165, 1.54) is 0 Å². The minimum Gasteiger partial charge on any atom is -0.379 e. The second-order valence-electron chi connectivity index (χ2n) is 5.00. The van der Waals surface area contributed by atoms with Gasteiger partial charge in [0.1, 0.15) is 12.0 Å². The molecule has 4 nitrogen and oxygen atoms in total. The first kappa shape index (κ1) is 13.2. The molecule has 0 bridgehead atoms. The Morgan fingerprint density at radius 1 is 1.24 bits per heavy atom. The molecule has 4 heteroatoms. The molecule has 0 spiro atoms. The van der Waals surface area contributed by atoms with Gasteiger partial charge in [0, 0.05) is 22.6 Å². The number of aryl methyl sites for hydroxylation is 2. The largest absolute Gasteiger partial charge is 0.379 e. The van der Waals surface area contributed by atoms with Gasteiger partial charge >= 0.3 is 0 Å². The Balaban J connectivity index is 1.83. The van der Waals surface area contributed by atoms with Crippen molar-refractivity contribution in [2.45, 2.75) is 20.4 Å². The fraction of sp³-hybridized carbons (Fsp3) is 0.176. The molecule has 2 aromatic heterocycles. The second-order valence-corrected chi connectivity index (χ2v) is 5.00. The van der Waals surface area contributed by atoms with E-state index in [9.17, 15) is 0 Å². The van der Waals surface area contributed by atoms with Gasteiger partial charge in [0.15, 0.2) is 5.65 Å². The number of anilines is 1. The molecule has 1 N–H and O–H groups in total. The minimum atomic E-state index is 0.627. The van der Waals surface area contributed by atoms with Crippen molar-refractivity contribution in [3.63, 3.8) is 0 Å². The normalized spacial score (nSPS) is 10.5. The van der Waals surface area contributed by atoms with E-state index < -0.39 is 0 Å². The van der Waals surface area contributed by atoms with Gasteiger partial charge < -0.3 is 5.32 Å². The van der Waals surface area contributed by atoms with Crippen LogP contribution in [-0.2, 0) is 6.54 Å². The van der Waals surface area contributed by atoms with E-state index in [4.69, 9.17) is 6.42 Å². The first-order valence-electron chi connectivity index (χ1n) is 6.78. The topological polar surface area (TPSA) is 42.2 Å². The molecular weight excluding hydrogens is 260 g/mol. The first-order valence-corrected chi connectivity index (χ1v) is 6.78. The maximum atomic E-state index is 5.35. The number of aromatic nitrogens is 3. The van der Waals surface area contributed by atoms with Crippen LogP contribution in [0.15, 0.2) is 36.7 Å². The van der Waals surface area contributed by atoms with Crippen molar-refractivity contribution < 1.29 is 0 Å². The number of benzene rings is 1. The Labute approximate surface area is 123 Å². The summed E-state index contributed by atoms with van der Waals surface area (Å²) < 4.78 is 2.01. The van der Waals surface area contributed by atoms with Gasteiger partial charge in [-0.1, -0.05) is 5.92 Å². The van der Waals surface area contributed by atoms with Crippen LogP contribution in [0.2, 0.25) is 0 Å². The highest BCUT2D eigenvalue weighted by Crippen LogP contribution is 2.14. The molecule has 0 radical (unpaired) electrons. The number of nitrogens with zero attached hydrogens (tertiary/aromatic N) is 3. The molecule has 104 valence electrons. The van der Waals surface area contributed by atoms with E-state index in [1.54, 1.807) is 0 Å². The van der Waals surface area contributed by atoms with E-state index in [0.717, 1.165) is 34.0 Å². The van der Waals surface area contributed by atoms with Crippen LogP contribution in [0.1, 0.15) is 22.6 Å². The molecule has 21 heavy (non-hydrogen) atoms. The molecular formula is C17H16N4. The van der Waals surface area contributed by atoms with Gasteiger partial charge in [0.05, 0.1) is 6.54 Å². The summed E-state index contributed by atoms with van der Waals surface area (Å²) in [7, 11) is 0. The molecule has 0 saturated heterocycles. The fourth-order valence-corrected chi connectivity index (χ4v) is 2.32. The van der Waals surface area contributed by atoms with Gasteiger partial charge in [0.25, 0.3) is 0 Å². The quantitative estimate of drug-likeness (QED) is 0.748. The van der Waals surface area contributed by atoms with Crippen LogP contribution in [0, 0.1) is 26.2 Å². The summed E-state index contributed by atoms with van der Waals surface area (Å²) >= 11 is 0. The third-order valence-electron chi connectivity index (χ3n) is 3.41. The molecule has 0 saturated carbocycles. The van der Waals surface area contributed by atoms with Gasteiger partial charge in [-0.25, -0.2) is 9.97 Å². The zero-order valence-electron chi connectivity index (χ0n) is 12.1. The fourth-order valence-electron chi connectivity index (χ4n) is 2.32. The van der Waals surface area contributed by atoms with Crippen molar-refractivity contribution in [1.29, 1.82) is 0 Å². The number of imidazole rings is 1. The summed E-state index contributed by atoms with van der Waals surface area (Å²) in [5.41, 5.74) is 5.86. The molecule has 1 aromatic carbocycles. The Kier molecular flexibility index (Phi) is 3.33. The smallest absolute Gasteiger partial charge is 0.162 e. The predicted molar refractivity (Wildman–Crippen MR) is 84.2 cm³/mol. The Morgan fingerprint density at radius 3 is 2.71 bits per heavy atom. The summed E-state index contributed by atoms with van der Waals surface area (Å²) in [6, 6.07) is 9.82. The maximum Gasteiger partial charge on any atom is 0.162 e. The van der Waals surface area contributed by atoms with Crippen molar-refractivity contribution in [2.75, 3.05) is 5.32 Å². The zero-order chi connectivity index (χ0) is 14.8. The number of rotatable bonds is 3. The molecule has 0 aliphatic heterocycles. The monoisotopic (exact) mass is 276 g/mol. The Bertz CT molecular complexity index is 822. The molecule has 0 fully saturated rings. The lowest BCUT2D eigenvalue weighted by molar-refractivity contribution is 1.01. The molecule has 0 unspecified atom stereocenters. The third kappa shape index (κ3) is 2.59. The molecule has 0 aliphatic carbocycles. The van der Waals surface area contributed by atoms with E-state index >= 15 is 0 Å². The van der Waals surface area contributed by atoms with Crippen LogP contribution in [0.5, 0.6) is 0 Å². The molecule has 0 amide bonds. The van der Waals surface area contributed by atoms with Gasteiger partial charge in [-0.05, 0) is 44.2 Å². The van der Waals surface area contributed by atoms with Crippen molar-refractivity contribution in [1.82, 2.24) is 14.4 Å². The summed E-state index contributed by atoms with van der Waals surface area (Å²) in [4.78, 5) is 9.02. The summed E-state index contributed by atoms with van der Waals surface area (Å²) in [5.74, 6) is 2.61. The molecule has 0 atom stereocenters. The van der Waals surface area contributed by atoms with Crippen LogP contribution >= 0.6 is 0 Å². The maximum absolute atomic E-state index is 5.35. The lowest BCUT2D eigenvalue weighted by Gasteiger charge is -2.06. The van der Waals surface area contributed by atoms with Crippen LogP contribution in [-0.4, -0.2) is 14.4 Å². The Hall–Kier alpha value is -2.80. The highest BCUT2D eigenvalue weighted by atomic mass is 15.1. The van der Waals surface area contributed by atoms with Crippen LogP contribution in [0.4, 0.5) is 5.69 Å². The minimum absolute atomic E-state index is 0.627. The molecule has 2 heterocycles. The zero-order valence-corrected chi connectivity index (χ0v) is 12.1. The lowest BCUT2D eigenvalue weighted by atomic mass is 10.2. The highest BCUT2D eigenvalue weighted by molar-refractivity contribution is 5.51. The second kappa shape index (κ2) is 5.29. The number of terminal acetylenes is 1. The lowest BCUT2D eigenvalue weighted by Crippen LogP contribution is -2.02. The van der Waals surface area contributed by atoms with Crippen LogP contribution in [0.3, 0.4) is 0 Å². The molecule has 0 aliphatic rings. The van der Waals surface area contributed by atoms with E-state index in [1.807, 2.05) is 48.0 Å². The number of hydrogen-bond donors (Lipinski definition) is 1. The average molecular weight is 276 g/mol. The van der Waals surface area contributed by atoms with Gasteiger partial charge in [-0.3, -0.25) is 4.40 Å². The average Bonchev–Trinajstić information content (AvgIpc) is 2.89. The SMILES string of the molecule is C#Cc1ccc(NCc2ncn3c(C)cc(C)nc23)cc1. The van der Waals surface area contributed by atoms with Crippen molar-refractivity contribution in [3.05, 3.63) is 59.3 Å². The van der Waals surface area contributed by atoms with Crippen molar-refractivity contribution >= 4 is 11.3 Å². The highest BCUT2D eigenvalue weighted by Gasteiger charge is 2.08. The van der Waals surface area contributed by atoms with E-state index in [-0.39, 0.29) is 0 Å². The van der Waals surface area contributed by atoms with Gasteiger partial charge in [-0.2, -0.15) is 0 Å². The predicted octanol–water partition coefficient (Wildman–Crippen LogP) is 2.94. The van der Waals surface area contributed by atoms with Crippen LogP contribution < -0.4 is 5.32 Å². The van der Waals surface area contributed by atoms with Gasteiger partial charge in [-0.15, -0.1) is 6.42 Å². The Morgan fingerprint density at radius 2 is 2.00 bits per heavy atom. The summed E-state index contributed by atoms with van der Waals surface area (Å²) in [6.45, 7) is 4.68. The molecule has 3 aromatic rings. The first-order chi connectivity index (χ1) is 10.2. The summed E-state index contributed by atoms with van der Waals surface area (Å²) in [6.07, 6.45) is 7.17.